The van der Waals surface area contributed by atoms with Gasteiger partial charge in [0.15, 0.2) is 0 Å². The van der Waals surface area contributed by atoms with Gasteiger partial charge in [0, 0.05) is 12.2 Å². The fraction of sp³-hybridized carbons (Fsp3) is 0.316. The summed E-state index contributed by atoms with van der Waals surface area (Å²) in [6.07, 6.45) is 1.88. The molecule has 0 saturated carbocycles. The molecule has 2 aromatic rings. The molecule has 0 fully saturated rings. The second-order valence-electron chi connectivity index (χ2n) is 5.50. The van der Waals surface area contributed by atoms with Crippen molar-refractivity contribution >= 4 is 11.7 Å². The molecule has 0 bridgehead atoms. The van der Waals surface area contributed by atoms with E-state index in [1.54, 1.807) is 0 Å². The van der Waals surface area contributed by atoms with E-state index in [9.17, 15) is 9.90 Å². The van der Waals surface area contributed by atoms with E-state index in [2.05, 4.69) is 17.6 Å². The summed E-state index contributed by atoms with van der Waals surface area (Å²) in [5.41, 5.74) is 2.84. The molecule has 0 aliphatic carbocycles. The summed E-state index contributed by atoms with van der Waals surface area (Å²) in [6, 6.07) is 17.0. The molecular formula is C19H24N2O2. The lowest BCUT2D eigenvalue weighted by atomic mass is 10.1. The van der Waals surface area contributed by atoms with Crippen LogP contribution in [-0.2, 0) is 6.42 Å². The Balaban J connectivity index is 1.79. The van der Waals surface area contributed by atoms with Crippen molar-refractivity contribution in [3.63, 3.8) is 0 Å². The van der Waals surface area contributed by atoms with Crippen molar-refractivity contribution in [3.05, 3.63) is 65.7 Å². The number of anilines is 1. The van der Waals surface area contributed by atoms with E-state index in [0.717, 1.165) is 29.7 Å². The topological polar surface area (TPSA) is 61.4 Å². The molecule has 23 heavy (non-hydrogen) atoms. The minimum atomic E-state index is -0.566. The van der Waals surface area contributed by atoms with Gasteiger partial charge in [-0.15, -0.1) is 0 Å². The largest absolute Gasteiger partial charge is 0.388 e. The number of hydrogen-bond donors (Lipinski definition) is 3. The lowest BCUT2D eigenvalue weighted by Gasteiger charge is -2.13. The Hall–Kier alpha value is -2.33. The summed E-state index contributed by atoms with van der Waals surface area (Å²) in [6.45, 7) is 2.53. The van der Waals surface area contributed by atoms with Crippen molar-refractivity contribution in [2.75, 3.05) is 11.9 Å². The third-order valence-corrected chi connectivity index (χ3v) is 3.67. The van der Waals surface area contributed by atoms with Crippen LogP contribution in [-0.4, -0.2) is 17.7 Å². The first-order valence-electron chi connectivity index (χ1n) is 8.06. The van der Waals surface area contributed by atoms with Gasteiger partial charge in [0.1, 0.15) is 0 Å². The molecule has 0 heterocycles. The van der Waals surface area contributed by atoms with E-state index in [4.69, 9.17) is 0 Å². The Kier molecular flexibility index (Phi) is 6.63. The number of urea groups is 1. The molecule has 4 heteroatoms. The van der Waals surface area contributed by atoms with Crippen LogP contribution in [0.3, 0.4) is 0 Å². The molecule has 2 aromatic carbocycles. The van der Waals surface area contributed by atoms with Crippen LogP contribution in [0, 0.1) is 0 Å². The first kappa shape index (κ1) is 17.0. The number of para-hydroxylation sites is 1. The number of rotatable bonds is 7. The number of aliphatic hydroxyl groups is 1. The molecule has 0 spiro atoms. The van der Waals surface area contributed by atoms with Crippen LogP contribution in [0.5, 0.6) is 0 Å². The Morgan fingerprint density at radius 2 is 1.78 bits per heavy atom. The smallest absolute Gasteiger partial charge is 0.319 e. The fourth-order valence-corrected chi connectivity index (χ4v) is 2.46. The van der Waals surface area contributed by atoms with Gasteiger partial charge >= 0.3 is 6.03 Å². The highest BCUT2D eigenvalue weighted by molar-refractivity contribution is 5.90. The van der Waals surface area contributed by atoms with Crippen molar-refractivity contribution < 1.29 is 9.90 Å². The number of carbonyl (C=O) groups excluding carboxylic acids is 1. The van der Waals surface area contributed by atoms with Crippen LogP contribution < -0.4 is 10.6 Å². The monoisotopic (exact) mass is 312 g/mol. The first-order chi connectivity index (χ1) is 11.2. The quantitative estimate of drug-likeness (QED) is 0.726. The molecule has 122 valence electrons. The summed E-state index contributed by atoms with van der Waals surface area (Å²) in [4.78, 5) is 12.0. The third-order valence-electron chi connectivity index (χ3n) is 3.67. The predicted octanol–water partition coefficient (Wildman–Crippen LogP) is 3.88. The third kappa shape index (κ3) is 5.42. The van der Waals surface area contributed by atoms with E-state index >= 15 is 0 Å². The molecule has 4 nitrogen and oxygen atoms in total. The standard InChI is InChI=1S/C19H24N2O2/c1-2-8-15-9-6-7-12-17(15)21-19(23)20-14-13-18(22)16-10-4-3-5-11-16/h3-7,9-12,18,22H,2,8,13-14H2,1H3,(H2,20,21,23). The van der Waals surface area contributed by atoms with Crippen LogP contribution in [0.25, 0.3) is 0 Å². The Bertz CT molecular complexity index is 614. The molecule has 0 aliphatic rings. The van der Waals surface area contributed by atoms with Crippen LogP contribution in [0.1, 0.15) is 37.0 Å². The zero-order valence-electron chi connectivity index (χ0n) is 13.5. The van der Waals surface area contributed by atoms with Gasteiger partial charge in [0.25, 0.3) is 0 Å². The van der Waals surface area contributed by atoms with Gasteiger partial charge in [-0.25, -0.2) is 4.79 Å². The van der Waals surface area contributed by atoms with Gasteiger partial charge in [0.2, 0.25) is 0 Å². The Labute approximate surface area is 137 Å². The number of aliphatic hydroxyl groups excluding tert-OH is 1. The molecule has 2 rings (SSSR count). The van der Waals surface area contributed by atoms with Crippen molar-refractivity contribution in [3.8, 4) is 0 Å². The van der Waals surface area contributed by atoms with Crippen LogP contribution in [0.2, 0.25) is 0 Å². The zero-order chi connectivity index (χ0) is 16.5. The zero-order valence-corrected chi connectivity index (χ0v) is 13.5. The van der Waals surface area contributed by atoms with E-state index < -0.39 is 6.10 Å². The molecular weight excluding hydrogens is 288 g/mol. The lowest BCUT2D eigenvalue weighted by molar-refractivity contribution is 0.167. The Morgan fingerprint density at radius 3 is 2.52 bits per heavy atom. The molecule has 3 N–H and O–H groups in total. The normalized spacial score (nSPS) is 11.7. The molecule has 1 unspecified atom stereocenters. The van der Waals surface area contributed by atoms with E-state index in [-0.39, 0.29) is 6.03 Å². The maximum Gasteiger partial charge on any atom is 0.319 e. The highest BCUT2D eigenvalue weighted by Crippen LogP contribution is 2.17. The summed E-state index contributed by atoms with van der Waals surface area (Å²) in [7, 11) is 0. The van der Waals surface area contributed by atoms with Gasteiger partial charge in [-0.2, -0.15) is 0 Å². The van der Waals surface area contributed by atoms with Crippen LogP contribution in [0.15, 0.2) is 54.6 Å². The molecule has 0 saturated heterocycles. The second-order valence-corrected chi connectivity index (χ2v) is 5.50. The minimum Gasteiger partial charge on any atom is -0.388 e. The van der Waals surface area contributed by atoms with Crippen molar-refractivity contribution in [2.24, 2.45) is 0 Å². The summed E-state index contributed by atoms with van der Waals surface area (Å²) in [5.74, 6) is 0. The summed E-state index contributed by atoms with van der Waals surface area (Å²) in [5, 5.41) is 15.7. The highest BCUT2D eigenvalue weighted by Gasteiger charge is 2.09. The number of hydrogen-bond acceptors (Lipinski definition) is 2. The number of benzene rings is 2. The molecule has 0 aliphatic heterocycles. The maximum absolute atomic E-state index is 12.0. The summed E-state index contributed by atoms with van der Waals surface area (Å²) < 4.78 is 0. The van der Waals surface area contributed by atoms with Gasteiger partial charge in [-0.3, -0.25) is 0 Å². The second kappa shape index (κ2) is 8.96. The Morgan fingerprint density at radius 1 is 1.09 bits per heavy atom. The predicted molar refractivity (Wildman–Crippen MR) is 93.5 cm³/mol. The van der Waals surface area contributed by atoms with Crippen molar-refractivity contribution in [1.29, 1.82) is 0 Å². The van der Waals surface area contributed by atoms with Gasteiger partial charge in [0.05, 0.1) is 6.10 Å². The van der Waals surface area contributed by atoms with E-state index in [1.807, 2.05) is 54.6 Å². The minimum absolute atomic E-state index is 0.242. The highest BCUT2D eigenvalue weighted by atomic mass is 16.3. The number of nitrogens with one attached hydrogen (secondary N) is 2. The number of carbonyl (C=O) groups is 1. The maximum atomic E-state index is 12.0. The first-order valence-corrected chi connectivity index (χ1v) is 8.06. The van der Waals surface area contributed by atoms with E-state index in [1.165, 1.54) is 0 Å². The summed E-state index contributed by atoms with van der Waals surface area (Å²) >= 11 is 0. The molecule has 0 aromatic heterocycles. The van der Waals surface area contributed by atoms with Crippen LogP contribution in [0.4, 0.5) is 10.5 Å². The average Bonchev–Trinajstić information content (AvgIpc) is 2.57. The molecule has 1 atom stereocenters. The van der Waals surface area contributed by atoms with E-state index in [0.29, 0.717) is 13.0 Å². The lowest BCUT2D eigenvalue weighted by Crippen LogP contribution is -2.30. The van der Waals surface area contributed by atoms with Gasteiger partial charge in [-0.1, -0.05) is 61.9 Å². The number of amides is 2. The van der Waals surface area contributed by atoms with Gasteiger partial charge < -0.3 is 15.7 Å². The van der Waals surface area contributed by atoms with Crippen LogP contribution >= 0.6 is 0 Å². The number of aryl methyl sites for hydroxylation is 1. The molecule has 2 amide bonds. The fourth-order valence-electron chi connectivity index (χ4n) is 2.46. The van der Waals surface area contributed by atoms with Crippen molar-refractivity contribution in [2.45, 2.75) is 32.3 Å². The van der Waals surface area contributed by atoms with Gasteiger partial charge in [-0.05, 0) is 30.0 Å². The van der Waals surface area contributed by atoms with Crippen molar-refractivity contribution in [1.82, 2.24) is 5.32 Å². The molecule has 0 radical (unpaired) electrons. The average molecular weight is 312 g/mol. The SMILES string of the molecule is CCCc1ccccc1NC(=O)NCCC(O)c1ccccc1.